The van der Waals surface area contributed by atoms with Crippen molar-refractivity contribution in [3.63, 3.8) is 0 Å². The zero-order chi connectivity index (χ0) is 25.7. The summed E-state index contributed by atoms with van der Waals surface area (Å²) in [6, 6.07) is -4.22. The fraction of sp³-hybridized carbons (Fsp3) is 0.762. The molecule has 0 aromatic carbocycles. The van der Waals surface area contributed by atoms with Gasteiger partial charge in [0.1, 0.15) is 18.1 Å². The van der Waals surface area contributed by atoms with Crippen molar-refractivity contribution < 1.29 is 29.1 Å². The first kappa shape index (κ1) is 30.3. The van der Waals surface area contributed by atoms with Crippen LogP contribution in [0.3, 0.4) is 0 Å². The molecular weight excluding hydrogens is 432 g/mol. The van der Waals surface area contributed by atoms with Gasteiger partial charge in [-0.05, 0) is 44.1 Å². The van der Waals surface area contributed by atoms with Crippen LogP contribution in [0.2, 0.25) is 0 Å². The molecule has 12 nitrogen and oxygen atoms in total. The summed E-state index contributed by atoms with van der Waals surface area (Å²) in [5.41, 5.74) is 16.6. The molecule has 0 aliphatic carbocycles. The van der Waals surface area contributed by atoms with Gasteiger partial charge in [0.15, 0.2) is 0 Å². The van der Waals surface area contributed by atoms with Crippen LogP contribution in [0.5, 0.6) is 0 Å². The number of hydrogen-bond donors (Lipinski definition) is 7. The Morgan fingerprint density at radius 1 is 0.788 bits per heavy atom. The third-order valence-electron chi connectivity index (χ3n) is 5.14. The number of amides is 4. The average molecular weight is 473 g/mol. The number of carbonyl (C=O) groups excluding carboxylic acids is 4. The van der Waals surface area contributed by atoms with E-state index in [1.54, 1.807) is 27.7 Å². The Balaban J connectivity index is 5.57. The van der Waals surface area contributed by atoms with Crippen molar-refractivity contribution in [1.29, 1.82) is 0 Å². The van der Waals surface area contributed by atoms with Gasteiger partial charge in [0, 0.05) is 6.42 Å². The predicted octanol–water partition coefficient (Wildman–Crippen LogP) is -1.44. The molecule has 0 heterocycles. The van der Waals surface area contributed by atoms with E-state index in [1.165, 1.54) is 0 Å². The highest BCUT2D eigenvalue weighted by Gasteiger charge is 2.31. The van der Waals surface area contributed by atoms with E-state index in [1.807, 2.05) is 0 Å². The Hall–Kier alpha value is -2.73. The Bertz CT molecular complexity index is 684. The summed E-state index contributed by atoms with van der Waals surface area (Å²) in [6.45, 7) is 7.19. The van der Waals surface area contributed by atoms with Crippen molar-refractivity contribution in [2.24, 2.45) is 29.0 Å². The van der Waals surface area contributed by atoms with Gasteiger partial charge in [0.05, 0.1) is 6.04 Å². The van der Waals surface area contributed by atoms with Gasteiger partial charge in [-0.2, -0.15) is 0 Å². The van der Waals surface area contributed by atoms with E-state index < -0.39 is 59.7 Å². The second kappa shape index (κ2) is 15.2. The molecule has 12 heteroatoms. The number of carboxylic acids is 1. The number of carbonyl (C=O) groups is 5. The van der Waals surface area contributed by atoms with Gasteiger partial charge in [-0.3, -0.25) is 19.2 Å². The topological polar surface area (TPSA) is 220 Å². The number of unbranched alkanes of at least 4 members (excludes halogenated alkanes) is 1. The van der Waals surface area contributed by atoms with Crippen LogP contribution < -0.4 is 33.2 Å². The number of nitrogens with one attached hydrogen (secondary N) is 3. The lowest BCUT2D eigenvalue weighted by atomic mass is 10.0. The number of hydrogen-bond acceptors (Lipinski definition) is 7. The van der Waals surface area contributed by atoms with Crippen molar-refractivity contribution in [2.75, 3.05) is 6.54 Å². The zero-order valence-corrected chi connectivity index (χ0v) is 19.9. The number of carboxylic acid groups (broad SMARTS) is 1. The third kappa shape index (κ3) is 11.6. The van der Waals surface area contributed by atoms with Crippen molar-refractivity contribution in [3.8, 4) is 0 Å². The highest BCUT2D eigenvalue weighted by atomic mass is 16.4. The first-order valence-corrected chi connectivity index (χ1v) is 11.2. The van der Waals surface area contributed by atoms with E-state index in [0.717, 1.165) is 0 Å². The van der Waals surface area contributed by atoms with Crippen LogP contribution in [0, 0.1) is 11.8 Å². The van der Waals surface area contributed by atoms with Gasteiger partial charge in [-0.25, -0.2) is 4.79 Å². The first-order valence-electron chi connectivity index (χ1n) is 11.2. The van der Waals surface area contributed by atoms with E-state index in [0.29, 0.717) is 19.4 Å². The van der Waals surface area contributed by atoms with E-state index in [2.05, 4.69) is 16.0 Å². The average Bonchev–Trinajstić information content (AvgIpc) is 2.72. The third-order valence-corrected chi connectivity index (χ3v) is 5.14. The molecule has 0 radical (unpaired) electrons. The predicted molar refractivity (Wildman–Crippen MR) is 122 cm³/mol. The summed E-state index contributed by atoms with van der Waals surface area (Å²) >= 11 is 0. The molecule has 0 aliphatic rings. The van der Waals surface area contributed by atoms with Gasteiger partial charge in [0.25, 0.3) is 0 Å². The second-order valence-corrected chi connectivity index (χ2v) is 8.75. The van der Waals surface area contributed by atoms with Crippen LogP contribution >= 0.6 is 0 Å². The Morgan fingerprint density at radius 2 is 1.30 bits per heavy atom. The summed E-state index contributed by atoms with van der Waals surface area (Å²) in [5.74, 6) is -4.42. The zero-order valence-electron chi connectivity index (χ0n) is 19.9. The summed E-state index contributed by atoms with van der Waals surface area (Å²) in [6.07, 6.45) is 1.08. The molecule has 0 bridgehead atoms. The minimum Gasteiger partial charge on any atom is -0.480 e. The van der Waals surface area contributed by atoms with Crippen LogP contribution in [0.25, 0.3) is 0 Å². The van der Waals surface area contributed by atoms with Crippen molar-refractivity contribution in [2.45, 2.75) is 84.0 Å². The van der Waals surface area contributed by atoms with Gasteiger partial charge in [0.2, 0.25) is 23.6 Å². The number of primary amides is 1. The largest absolute Gasteiger partial charge is 0.480 e. The standard InChI is InChI=1S/C21H40N6O6/c1-11(2)16(24)20(31)26-13(7-5-6-10-22)18(29)25-14(8-9-15(23)28)19(30)27-17(12(3)4)21(32)33/h11-14,16-17H,5-10,22,24H2,1-4H3,(H2,23,28)(H,25,29)(H,26,31)(H,27,30)(H,32,33). The normalized spacial score (nSPS) is 14.8. The van der Waals surface area contributed by atoms with E-state index >= 15 is 0 Å². The molecule has 4 unspecified atom stereocenters. The Kier molecular flexibility index (Phi) is 13.9. The highest BCUT2D eigenvalue weighted by Crippen LogP contribution is 2.08. The molecule has 0 fully saturated rings. The first-order chi connectivity index (χ1) is 15.3. The second-order valence-electron chi connectivity index (χ2n) is 8.75. The lowest BCUT2D eigenvalue weighted by Crippen LogP contribution is -2.58. The summed E-state index contributed by atoms with van der Waals surface area (Å²) in [5, 5.41) is 16.8. The molecule has 190 valence electrons. The molecule has 10 N–H and O–H groups in total. The molecule has 33 heavy (non-hydrogen) atoms. The molecular formula is C21H40N6O6. The van der Waals surface area contributed by atoms with Gasteiger partial charge in [-0.1, -0.05) is 27.7 Å². The van der Waals surface area contributed by atoms with Crippen LogP contribution in [-0.2, 0) is 24.0 Å². The monoisotopic (exact) mass is 472 g/mol. The molecule has 0 aliphatic heterocycles. The number of rotatable bonds is 16. The lowest BCUT2D eigenvalue weighted by molar-refractivity contribution is -0.143. The van der Waals surface area contributed by atoms with Gasteiger partial charge < -0.3 is 38.3 Å². The molecule has 0 spiro atoms. The van der Waals surface area contributed by atoms with Crippen molar-refractivity contribution in [1.82, 2.24) is 16.0 Å². The minimum atomic E-state index is -1.23. The Morgan fingerprint density at radius 3 is 1.76 bits per heavy atom. The van der Waals surface area contributed by atoms with Gasteiger partial charge in [-0.15, -0.1) is 0 Å². The molecule has 4 atom stereocenters. The van der Waals surface area contributed by atoms with E-state index in [9.17, 15) is 29.1 Å². The summed E-state index contributed by atoms with van der Waals surface area (Å²) in [7, 11) is 0. The maximum atomic E-state index is 13.0. The maximum absolute atomic E-state index is 13.0. The summed E-state index contributed by atoms with van der Waals surface area (Å²) < 4.78 is 0. The molecule has 4 amide bonds. The molecule has 0 aromatic rings. The SMILES string of the molecule is CC(C)C(N)C(=O)NC(CCCCN)C(=O)NC(CCC(N)=O)C(=O)NC(C(=O)O)C(C)C. The number of aliphatic carboxylic acids is 1. The highest BCUT2D eigenvalue weighted by molar-refractivity contribution is 5.94. The van der Waals surface area contributed by atoms with Crippen LogP contribution in [0.15, 0.2) is 0 Å². The fourth-order valence-electron chi connectivity index (χ4n) is 2.93. The molecule has 0 saturated heterocycles. The molecule has 0 rings (SSSR count). The quantitative estimate of drug-likeness (QED) is 0.131. The van der Waals surface area contributed by atoms with Crippen LogP contribution in [0.4, 0.5) is 0 Å². The van der Waals surface area contributed by atoms with Crippen LogP contribution in [0.1, 0.15) is 59.8 Å². The van der Waals surface area contributed by atoms with Crippen LogP contribution in [-0.4, -0.2) is 65.4 Å². The number of nitrogens with two attached hydrogens (primary N) is 3. The lowest BCUT2D eigenvalue weighted by Gasteiger charge is -2.26. The van der Waals surface area contributed by atoms with Crippen molar-refractivity contribution >= 4 is 29.6 Å². The smallest absolute Gasteiger partial charge is 0.326 e. The fourth-order valence-corrected chi connectivity index (χ4v) is 2.93. The maximum Gasteiger partial charge on any atom is 0.326 e. The Labute approximate surface area is 194 Å². The van der Waals surface area contributed by atoms with E-state index in [4.69, 9.17) is 17.2 Å². The summed E-state index contributed by atoms with van der Waals surface area (Å²) in [4.78, 5) is 60.8. The van der Waals surface area contributed by atoms with E-state index in [-0.39, 0.29) is 25.2 Å². The van der Waals surface area contributed by atoms with Crippen molar-refractivity contribution in [3.05, 3.63) is 0 Å². The van der Waals surface area contributed by atoms with Gasteiger partial charge >= 0.3 is 5.97 Å². The molecule has 0 aromatic heterocycles. The minimum absolute atomic E-state index is 0.133. The molecule has 0 saturated carbocycles.